The Morgan fingerprint density at radius 3 is 1.11 bits per heavy atom. The minimum atomic E-state index is -0.156. The standard InChI is InChI=1S/C28H25N5O2.C27H23N5O2.C26H27N5O2.C23H21N5O3/c1-19-2-4-20(5-3-19)12-14-31-28(35)21-6-8-23(9-7-21)32-24-10-11-25(33-17-16-30-27(24)33)22-13-15-29-26(34)18-22;1-18-4-2-3-5-21(18)17-30-27(34)19-6-8-22(9-7-19)31-23-10-11-24(32-15-14-29-26(23)32)20-12-13-28-25(33)16-20;32-24-17-19(13-14-27-24)23-12-11-22(25-28-15-16-31(23)25)29-21-9-7-18(8-10-21)26(33)30-20-5-3-1-2-4-6-20;29-21-15-17(7-8-24-21)20-6-5-19(22-25-9-10-28(20)22)26-18-3-1-16(2-4-18)23(30)27-11-13-31-14-12-27/h2-11,13,15-18,32H,12,14H2,1H3,(H,29,34)(H,31,35);2-16,31H,17H2,1H3,(H,28,33)(H,30,34);7-17,20,29H,1-6H2,(H,27,32)(H,30,33);1-10,15,26H,11-14H2,(H,24,29). The molecule has 29 heteroatoms. The van der Waals surface area contributed by atoms with Gasteiger partial charge in [0.2, 0.25) is 22.2 Å². The third-order valence-electron chi connectivity index (χ3n) is 23.2. The number of morpholine rings is 1. The van der Waals surface area contributed by atoms with Gasteiger partial charge in [-0.2, -0.15) is 0 Å². The number of aromatic amines is 4. The first-order valence-corrected chi connectivity index (χ1v) is 43.9. The number of aromatic nitrogens is 12. The molecule has 2 aliphatic rings. The second kappa shape index (κ2) is 41.3. The Labute approximate surface area is 763 Å². The zero-order valence-corrected chi connectivity index (χ0v) is 73.0. The fourth-order valence-corrected chi connectivity index (χ4v) is 16.1. The van der Waals surface area contributed by atoms with E-state index in [-0.39, 0.29) is 51.9 Å². The molecule has 18 aromatic rings. The molecular weight excluding hydrogens is 1670 g/mol. The van der Waals surface area contributed by atoms with Crippen LogP contribution < -0.4 is 59.5 Å². The average molecular weight is 1770 g/mol. The molecule has 0 bridgehead atoms. The van der Waals surface area contributed by atoms with Crippen molar-refractivity contribution in [2.24, 2.45) is 0 Å². The fraction of sp³-hybridized carbons (Fsp3) is 0.154. The van der Waals surface area contributed by atoms with Crippen LogP contribution in [0.15, 0.2) is 336 Å². The second-order valence-corrected chi connectivity index (χ2v) is 32.3. The Hall–Kier alpha value is -17.1. The predicted molar refractivity (Wildman–Crippen MR) is 519 cm³/mol. The maximum atomic E-state index is 12.7. The highest BCUT2D eigenvalue weighted by atomic mass is 16.5. The first-order chi connectivity index (χ1) is 65.0. The molecule has 1 aliphatic carbocycles. The van der Waals surface area contributed by atoms with Crippen LogP contribution >= 0.6 is 0 Å². The van der Waals surface area contributed by atoms with E-state index in [1.54, 1.807) is 98.1 Å². The zero-order chi connectivity index (χ0) is 91.5. The van der Waals surface area contributed by atoms with Crippen LogP contribution in [0.5, 0.6) is 0 Å². The SMILES string of the molecule is Cc1ccc(CCNC(=O)c2ccc(Nc3ccc(-c4cc[nH]c(=O)c4)n4ccnc34)cc2)cc1.Cc1ccccc1CNC(=O)c1ccc(Nc2ccc(-c3cc[nH]c(=O)c3)n3ccnc23)cc1.O=C(NC1CCCCCC1)c1ccc(Nc2ccc(-c3cc[nH]c(=O)c3)n3ccnc23)cc1.O=C(c1ccc(Nc2ccc(-c3cc[nH]c(=O)c3)n3ccnc23)cc1)N1CCOCC1. The predicted octanol–water partition coefficient (Wildman–Crippen LogP) is 17.2. The summed E-state index contributed by atoms with van der Waals surface area (Å²) in [5.41, 5.74) is 23.0. The Morgan fingerprint density at radius 2 is 0.737 bits per heavy atom. The fourth-order valence-electron chi connectivity index (χ4n) is 16.1. The van der Waals surface area contributed by atoms with Crippen molar-refractivity contribution in [2.45, 2.75) is 71.4 Å². The number of hydrogen-bond acceptors (Lipinski definition) is 17. The third-order valence-corrected chi connectivity index (χ3v) is 23.2. The van der Waals surface area contributed by atoms with E-state index in [1.807, 2.05) is 224 Å². The molecule has 6 aromatic carbocycles. The van der Waals surface area contributed by atoms with Crippen LogP contribution in [-0.4, -0.2) is 125 Å². The van der Waals surface area contributed by atoms with Gasteiger partial charge in [0.05, 0.1) is 58.7 Å². The number of rotatable bonds is 22. The van der Waals surface area contributed by atoms with Gasteiger partial charge < -0.3 is 66.8 Å². The molecule has 13 heterocycles. The summed E-state index contributed by atoms with van der Waals surface area (Å²) in [5.74, 6) is -0.201. The highest BCUT2D eigenvalue weighted by Crippen LogP contribution is 2.33. The molecule has 133 heavy (non-hydrogen) atoms. The van der Waals surface area contributed by atoms with Crippen molar-refractivity contribution in [3.8, 4) is 45.0 Å². The largest absolute Gasteiger partial charge is 0.378 e. The number of carbonyl (C=O) groups is 4. The Kier molecular flexibility index (Phi) is 27.3. The van der Waals surface area contributed by atoms with Gasteiger partial charge in [0.25, 0.3) is 23.6 Å². The molecular formula is C104H96N20O9. The van der Waals surface area contributed by atoms with E-state index in [0.717, 1.165) is 144 Å². The zero-order valence-electron chi connectivity index (χ0n) is 73.0. The summed E-state index contributed by atoms with van der Waals surface area (Å²) in [4.78, 5) is 128. The summed E-state index contributed by atoms with van der Waals surface area (Å²) in [6.45, 7) is 7.57. The average Bonchev–Trinajstić information content (AvgIpc) is 1.74. The van der Waals surface area contributed by atoms with E-state index in [9.17, 15) is 38.4 Å². The van der Waals surface area contributed by atoms with E-state index < -0.39 is 0 Å². The summed E-state index contributed by atoms with van der Waals surface area (Å²) < 4.78 is 13.1. The monoisotopic (exact) mass is 1770 g/mol. The van der Waals surface area contributed by atoms with E-state index in [1.165, 1.54) is 36.8 Å². The summed E-state index contributed by atoms with van der Waals surface area (Å²) >= 11 is 0. The van der Waals surface area contributed by atoms with Crippen molar-refractivity contribution in [1.82, 2.24) is 78.3 Å². The number of anilines is 8. The molecule has 0 spiro atoms. The lowest BCUT2D eigenvalue weighted by Gasteiger charge is -2.26. The van der Waals surface area contributed by atoms with Gasteiger partial charge >= 0.3 is 0 Å². The summed E-state index contributed by atoms with van der Waals surface area (Å²) in [7, 11) is 0. The summed E-state index contributed by atoms with van der Waals surface area (Å²) in [5, 5.41) is 22.7. The number of imidazole rings is 4. The topological polar surface area (TPSA) is 366 Å². The number of pyridine rings is 8. The van der Waals surface area contributed by atoms with Gasteiger partial charge in [0.15, 0.2) is 22.6 Å². The molecule has 12 aromatic heterocycles. The second-order valence-electron chi connectivity index (χ2n) is 32.3. The number of ether oxygens (including phenoxy) is 1. The van der Waals surface area contributed by atoms with Crippen LogP contribution in [0.2, 0.25) is 0 Å². The van der Waals surface area contributed by atoms with Crippen molar-refractivity contribution < 1.29 is 23.9 Å². The van der Waals surface area contributed by atoms with Crippen molar-refractivity contribution in [1.29, 1.82) is 0 Å². The lowest BCUT2D eigenvalue weighted by atomic mass is 10.1. The quantitative estimate of drug-likeness (QED) is 0.0281. The minimum Gasteiger partial charge on any atom is -0.378 e. The molecule has 0 radical (unpaired) electrons. The molecule has 11 N–H and O–H groups in total. The van der Waals surface area contributed by atoms with Crippen molar-refractivity contribution in [3.05, 3.63) is 403 Å². The molecule has 29 nitrogen and oxygen atoms in total. The number of nitrogens with one attached hydrogen (secondary N) is 11. The van der Waals surface area contributed by atoms with Crippen LogP contribution in [0.4, 0.5) is 45.5 Å². The number of hydrogen-bond donors (Lipinski definition) is 11. The van der Waals surface area contributed by atoms with Gasteiger partial charge in [-0.1, -0.05) is 79.8 Å². The van der Waals surface area contributed by atoms with Gasteiger partial charge in [-0.05, 0) is 220 Å². The lowest BCUT2D eigenvalue weighted by Crippen LogP contribution is -2.40. The summed E-state index contributed by atoms with van der Waals surface area (Å²) in [6, 6.07) is 75.5. The molecule has 20 rings (SSSR count). The normalized spacial score (nSPS) is 12.5. The van der Waals surface area contributed by atoms with Crippen molar-refractivity contribution in [3.63, 3.8) is 0 Å². The van der Waals surface area contributed by atoms with E-state index in [4.69, 9.17) is 4.74 Å². The molecule has 2 fully saturated rings. The smallest absolute Gasteiger partial charge is 0.254 e. The van der Waals surface area contributed by atoms with Crippen LogP contribution in [-0.2, 0) is 17.7 Å². The van der Waals surface area contributed by atoms with Crippen molar-refractivity contribution >= 4 is 91.7 Å². The van der Waals surface area contributed by atoms with Gasteiger partial charge in [-0.15, -0.1) is 0 Å². The first-order valence-electron chi connectivity index (χ1n) is 43.9. The van der Waals surface area contributed by atoms with Crippen molar-refractivity contribution in [2.75, 3.05) is 54.1 Å². The van der Waals surface area contributed by atoms with Gasteiger partial charge in [-0.3, -0.25) is 56.0 Å². The Bertz CT molecular complexity index is 7430. The summed E-state index contributed by atoms with van der Waals surface area (Å²) in [6.07, 6.45) is 28.7. The van der Waals surface area contributed by atoms with Gasteiger partial charge in [0.1, 0.15) is 0 Å². The third kappa shape index (κ3) is 21.7. The van der Waals surface area contributed by atoms with Crippen LogP contribution in [0, 0.1) is 13.8 Å². The lowest BCUT2D eigenvalue weighted by molar-refractivity contribution is 0.0303. The number of nitrogens with zero attached hydrogens (tertiary/aromatic N) is 9. The van der Waals surface area contributed by atoms with Crippen LogP contribution in [0.3, 0.4) is 0 Å². The van der Waals surface area contributed by atoms with E-state index >= 15 is 0 Å². The molecule has 666 valence electrons. The molecule has 0 atom stereocenters. The number of carbonyl (C=O) groups excluding carboxylic acids is 4. The highest BCUT2D eigenvalue weighted by molar-refractivity contribution is 5.97. The van der Waals surface area contributed by atoms with Crippen LogP contribution in [0.25, 0.3) is 67.6 Å². The number of fused-ring (bicyclic) bond motifs is 4. The molecule has 1 saturated heterocycles. The van der Waals surface area contributed by atoms with E-state index in [0.29, 0.717) is 61.6 Å². The highest BCUT2D eigenvalue weighted by Gasteiger charge is 2.22. The van der Waals surface area contributed by atoms with Crippen LogP contribution in [0.1, 0.15) is 102 Å². The van der Waals surface area contributed by atoms with Gasteiger partial charge in [-0.25, -0.2) is 19.9 Å². The first kappa shape index (κ1) is 88.0. The maximum absolute atomic E-state index is 12.7. The Balaban J connectivity index is 0.000000124. The molecule has 1 saturated carbocycles. The molecule has 1 aliphatic heterocycles. The maximum Gasteiger partial charge on any atom is 0.254 e. The molecule has 0 unspecified atom stereocenters. The number of H-pyrrole nitrogens is 4. The number of aryl methyl sites for hydroxylation is 2. The Morgan fingerprint density at radius 1 is 0.383 bits per heavy atom. The van der Waals surface area contributed by atoms with E-state index in [2.05, 4.69) is 108 Å². The number of amides is 4. The minimum absolute atomic E-state index is 0.00806. The van der Waals surface area contributed by atoms with Gasteiger partial charge in [0, 0.05) is 198 Å². The number of benzene rings is 6. The molecule has 4 amide bonds.